The number of benzene rings is 1. The molecule has 0 radical (unpaired) electrons. The van der Waals surface area contributed by atoms with Gasteiger partial charge in [0.25, 0.3) is 5.91 Å². The number of carbonyl (C=O) groups excluding carboxylic acids is 1. The molecule has 8 heteroatoms. The Morgan fingerprint density at radius 2 is 2.11 bits per heavy atom. The zero-order chi connectivity index (χ0) is 20.6. The van der Waals surface area contributed by atoms with Crippen molar-refractivity contribution in [2.75, 3.05) is 12.4 Å². The number of halogens is 1. The third-order valence-corrected chi connectivity index (χ3v) is 6.39. The predicted molar refractivity (Wildman–Crippen MR) is 112 cm³/mol. The van der Waals surface area contributed by atoms with E-state index in [9.17, 15) is 14.7 Å². The van der Waals surface area contributed by atoms with E-state index in [1.807, 2.05) is 0 Å². The molecule has 1 heterocycles. The number of hydrogen-bond acceptors (Lipinski definition) is 5. The highest BCUT2D eigenvalue weighted by atomic mass is 35.5. The fraction of sp³-hybridized carbons (Fsp3) is 0.400. The smallest absolute Gasteiger partial charge is 0.339 e. The third kappa shape index (κ3) is 4.38. The molecule has 0 unspecified atom stereocenters. The minimum absolute atomic E-state index is 0.0470. The van der Waals surface area contributed by atoms with Crippen molar-refractivity contribution in [3.8, 4) is 0 Å². The van der Waals surface area contributed by atoms with Crippen LogP contribution in [0.2, 0.25) is 5.02 Å². The van der Waals surface area contributed by atoms with Crippen LogP contribution in [-0.2, 0) is 19.4 Å². The number of fused-ring (bicyclic) bond motifs is 1. The molecule has 2 aromatic rings. The zero-order valence-corrected chi connectivity index (χ0v) is 17.7. The number of anilines is 1. The van der Waals surface area contributed by atoms with Crippen LogP contribution in [0.25, 0.3) is 0 Å². The summed E-state index contributed by atoms with van der Waals surface area (Å²) in [5, 5.41) is 14.9. The lowest BCUT2D eigenvalue weighted by Crippen LogP contribution is -2.27. The molecule has 0 bridgehead atoms. The molecule has 28 heavy (non-hydrogen) atoms. The zero-order valence-electron chi connectivity index (χ0n) is 16.1. The van der Waals surface area contributed by atoms with Gasteiger partial charge in [-0.15, -0.1) is 11.3 Å². The van der Waals surface area contributed by atoms with Crippen molar-refractivity contribution < 1.29 is 14.7 Å². The van der Waals surface area contributed by atoms with Crippen LogP contribution >= 0.6 is 22.9 Å². The summed E-state index contributed by atoms with van der Waals surface area (Å²) in [4.78, 5) is 26.0. The van der Waals surface area contributed by atoms with E-state index in [2.05, 4.69) is 19.2 Å². The number of thiophene rings is 1. The number of rotatable bonds is 5. The molecule has 0 atom stereocenters. The van der Waals surface area contributed by atoms with Crippen LogP contribution in [0.15, 0.2) is 18.2 Å². The minimum Gasteiger partial charge on any atom is -0.478 e. The van der Waals surface area contributed by atoms with Gasteiger partial charge < -0.3 is 10.4 Å². The lowest BCUT2D eigenvalue weighted by molar-refractivity contribution is 0.0696. The van der Waals surface area contributed by atoms with Gasteiger partial charge in [-0.2, -0.15) is 0 Å². The number of aryl methyl sites for hydroxylation is 1. The number of aromatic carboxylic acids is 1. The maximum absolute atomic E-state index is 13.0. The van der Waals surface area contributed by atoms with Crippen molar-refractivity contribution in [3.05, 3.63) is 50.4 Å². The number of hydrazine groups is 1. The minimum atomic E-state index is -1.02. The van der Waals surface area contributed by atoms with Crippen molar-refractivity contribution in [1.82, 2.24) is 5.01 Å². The maximum atomic E-state index is 13.0. The molecule has 0 saturated heterocycles. The molecule has 4 N–H and O–H groups in total. The monoisotopic (exact) mass is 421 g/mol. The Kier molecular flexibility index (Phi) is 5.82. The summed E-state index contributed by atoms with van der Waals surface area (Å²) in [6.45, 7) is 4.64. The van der Waals surface area contributed by atoms with Gasteiger partial charge in [0, 0.05) is 29.1 Å². The van der Waals surface area contributed by atoms with Gasteiger partial charge in [0.15, 0.2) is 0 Å². The average Bonchev–Trinajstić information content (AvgIpc) is 2.91. The van der Waals surface area contributed by atoms with Crippen LogP contribution in [-0.4, -0.2) is 29.0 Å². The second kappa shape index (κ2) is 7.83. The Bertz CT molecular complexity index is 937. The van der Waals surface area contributed by atoms with Crippen molar-refractivity contribution in [2.24, 2.45) is 11.3 Å². The highest BCUT2D eigenvalue weighted by molar-refractivity contribution is 7.17. The van der Waals surface area contributed by atoms with Crippen LogP contribution in [0.3, 0.4) is 0 Å². The van der Waals surface area contributed by atoms with Gasteiger partial charge in [-0.25, -0.2) is 9.80 Å². The molecular formula is C20H24ClN3O3S. The molecular weight excluding hydrogens is 398 g/mol. The molecule has 1 aromatic heterocycles. The van der Waals surface area contributed by atoms with Crippen LogP contribution in [0.4, 0.5) is 5.00 Å². The van der Waals surface area contributed by atoms with Gasteiger partial charge in [0.05, 0.1) is 5.56 Å². The quantitative estimate of drug-likeness (QED) is 0.497. The van der Waals surface area contributed by atoms with Gasteiger partial charge in [0.2, 0.25) is 0 Å². The summed E-state index contributed by atoms with van der Waals surface area (Å²) in [6.07, 6.45) is 2.51. The Morgan fingerprint density at radius 3 is 2.75 bits per heavy atom. The van der Waals surface area contributed by atoms with Crippen LogP contribution in [0.1, 0.15) is 57.0 Å². The van der Waals surface area contributed by atoms with Crippen molar-refractivity contribution >= 4 is 39.8 Å². The fourth-order valence-electron chi connectivity index (χ4n) is 3.57. The number of nitrogens with one attached hydrogen (secondary N) is 1. The molecule has 0 aliphatic heterocycles. The summed E-state index contributed by atoms with van der Waals surface area (Å²) < 4.78 is 0. The molecule has 0 fully saturated rings. The first-order valence-electron chi connectivity index (χ1n) is 9.01. The van der Waals surface area contributed by atoms with E-state index in [0.717, 1.165) is 23.3 Å². The Labute approximate surface area is 173 Å². The van der Waals surface area contributed by atoms with E-state index in [1.54, 1.807) is 25.2 Å². The molecule has 1 aliphatic carbocycles. The van der Waals surface area contributed by atoms with Crippen LogP contribution < -0.4 is 11.2 Å². The van der Waals surface area contributed by atoms with E-state index in [0.29, 0.717) is 34.1 Å². The summed E-state index contributed by atoms with van der Waals surface area (Å²) >= 11 is 7.44. The molecule has 3 rings (SSSR count). The molecule has 1 aliphatic rings. The lowest BCUT2D eigenvalue weighted by Gasteiger charge is -2.29. The van der Waals surface area contributed by atoms with E-state index in [4.69, 9.17) is 17.4 Å². The van der Waals surface area contributed by atoms with E-state index < -0.39 is 5.97 Å². The Hall–Kier alpha value is -1.93. The number of carboxylic acid groups (broad SMARTS) is 1. The summed E-state index contributed by atoms with van der Waals surface area (Å²) in [7, 11) is 1.70. The SMILES string of the molecule is CN(N)Cc1ccc(Cl)cc1C(=O)Nc1sc2c(c1C(=O)O)CC(C)(C)CC2. The van der Waals surface area contributed by atoms with Crippen LogP contribution in [0.5, 0.6) is 0 Å². The van der Waals surface area contributed by atoms with Crippen molar-refractivity contribution in [1.29, 1.82) is 0 Å². The Morgan fingerprint density at radius 1 is 1.39 bits per heavy atom. The van der Waals surface area contributed by atoms with E-state index in [-0.39, 0.29) is 16.9 Å². The number of carbonyl (C=O) groups is 2. The predicted octanol–water partition coefficient (Wildman–Crippen LogP) is 4.17. The highest BCUT2D eigenvalue weighted by Crippen LogP contribution is 2.44. The first-order chi connectivity index (χ1) is 13.1. The van der Waals surface area contributed by atoms with Gasteiger partial charge in [-0.1, -0.05) is 31.5 Å². The molecule has 1 aromatic carbocycles. The average molecular weight is 422 g/mol. The summed E-state index contributed by atoms with van der Waals surface area (Å²) in [5.74, 6) is 4.33. The van der Waals surface area contributed by atoms with Gasteiger partial charge >= 0.3 is 5.97 Å². The third-order valence-electron chi connectivity index (χ3n) is 4.95. The standard InChI is InChI=1S/C20H24ClN3O3S/c1-20(2)7-6-15-14(9-20)16(19(26)27)18(28-15)23-17(25)13-8-12(21)5-4-11(13)10-24(3)22/h4-5,8H,6-7,9-10,22H2,1-3H3,(H,23,25)(H,26,27). The highest BCUT2D eigenvalue weighted by Gasteiger charge is 2.33. The summed E-state index contributed by atoms with van der Waals surface area (Å²) in [5.41, 5.74) is 2.20. The fourth-order valence-corrected chi connectivity index (χ4v) is 4.95. The number of hydrogen-bond donors (Lipinski definition) is 3. The van der Waals surface area contributed by atoms with E-state index >= 15 is 0 Å². The van der Waals surface area contributed by atoms with Gasteiger partial charge in [0.1, 0.15) is 5.00 Å². The van der Waals surface area contributed by atoms with Gasteiger partial charge in [-0.3, -0.25) is 10.6 Å². The second-order valence-electron chi connectivity index (χ2n) is 8.02. The Balaban J connectivity index is 1.97. The molecule has 0 spiro atoms. The first kappa shape index (κ1) is 20.8. The van der Waals surface area contributed by atoms with Gasteiger partial charge in [-0.05, 0) is 47.9 Å². The number of carboxylic acids is 1. The van der Waals surface area contributed by atoms with E-state index in [1.165, 1.54) is 16.3 Å². The maximum Gasteiger partial charge on any atom is 0.339 e. The summed E-state index contributed by atoms with van der Waals surface area (Å²) in [6, 6.07) is 5.03. The largest absolute Gasteiger partial charge is 0.478 e. The first-order valence-corrected chi connectivity index (χ1v) is 10.2. The number of nitrogens with zero attached hydrogens (tertiary/aromatic N) is 1. The topological polar surface area (TPSA) is 95.7 Å². The number of nitrogens with two attached hydrogens (primary N) is 1. The molecule has 1 amide bonds. The van der Waals surface area contributed by atoms with Crippen molar-refractivity contribution in [2.45, 2.75) is 39.7 Å². The lowest BCUT2D eigenvalue weighted by atomic mass is 9.76. The molecule has 6 nitrogen and oxygen atoms in total. The van der Waals surface area contributed by atoms with Crippen LogP contribution in [0, 0.1) is 5.41 Å². The second-order valence-corrected chi connectivity index (χ2v) is 9.57. The molecule has 0 saturated carbocycles. The van der Waals surface area contributed by atoms with Crippen molar-refractivity contribution in [3.63, 3.8) is 0 Å². The molecule has 150 valence electrons. The number of amides is 1. The normalized spacial score (nSPS) is 15.4.